The van der Waals surface area contributed by atoms with Crippen LogP contribution in [-0.4, -0.2) is 54.9 Å². The number of halogens is 1. The highest BCUT2D eigenvalue weighted by molar-refractivity contribution is 14.1. The SMILES string of the molecule is Cc1ncn2c1Cn1nc(CN3CCOCC3=O)nc1-c1cc(I)ccc1-2. The number of imidazole rings is 1. The van der Waals surface area contributed by atoms with Crippen LogP contribution in [0.2, 0.25) is 0 Å². The number of hydrogen-bond acceptors (Lipinski definition) is 5. The van der Waals surface area contributed by atoms with Crippen LogP contribution in [0.15, 0.2) is 24.5 Å². The number of ether oxygens (including phenoxy) is 1. The Balaban J connectivity index is 1.60. The van der Waals surface area contributed by atoms with E-state index in [4.69, 9.17) is 14.8 Å². The zero-order valence-electron chi connectivity index (χ0n) is 14.7. The molecule has 8 nitrogen and oxygen atoms in total. The van der Waals surface area contributed by atoms with Gasteiger partial charge in [-0.1, -0.05) is 0 Å². The summed E-state index contributed by atoms with van der Waals surface area (Å²) in [5.74, 6) is 1.45. The molecule has 138 valence electrons. The quantitative estimate of drug-likeness (QED) is 0.413. The van der Waals surface area contributed by atoms with E-state index < -0.39 is 0 Å². The normalized spacial score (nSPS) is 15.9. The highest BCUT2D eigenvalue weighted by atomic mass is 127. The van der Waals surface area contributed by atoms with Gasteiger partial charge in [-0.15, -0.1) is 0 Å². The molecule has 0 bridgehead atoms. The van der Waals surface area contributed by atoms with Crippen LogP contribution in [0.3, 0.4) is 0 Å². The Kier molecular flexibility index (Phi) is 4.01. The van der Waals surface area contributed by atoms with Crippen LogP contribution in [0, 0.1) is 10.5 Å². The summed E-state index contributed by atoms with van der Waals surface area (Å²) < 4.78 is 10.4. The number of hydrogen-bond donors (Lipinski definition) is 0. The van der Waals surface area contributed by atoms with Crippen molar-refractivity contribution in [2.24, 2.45) is 0 Å². The van der Waals surface area contributed by atoms with Crippen LogP contribution >= 0.6 is 22.6 Å². The van der Waals surface area contributed by atoms with E-state index in [0.29, 0.717) is 32.1 Å². The van der Waals surface area contributed by atoms with Crippen molar-refractivity contribution >= 4 is 28.5 Å². The third-order valence-corrected chi connectivity index (χ3v) is 5.64. The minimum atomic E-state index is -0.0184. The summed E-state index contributed by atoms with van der Waals surface area (Å²) in [7, 11) is 0. The van der Waals surface area contributed by atoms with Gasteiger partial charge in [0.05, 0.1) is 43.1 Å². The average Bonchev–Trinajstić information content (AvgIpc) is 3.18. The van der Waals surface area contributed by atoms with Gasteiger partial charge in [0.1, 0.15) is 6.61 Å². The fourth-order valence-electron chi connectivity index (χ4n) is 3.55. The Morgan fingerprint density at radius 2 is 2.22 bits per heavy atom. The maximum Gasteiger partial charge on any atom is 0.249 e. The van der Waals surface area contributed by atoms with Crippen molar-refractivity contribution < 1.29 is 9.53 Å². The summed E-state index contributed by atoms with van der Waals surface area (Å²) in [6.45, 7) is 4.26. The van der Waals surface area contributed by atoms with E-state index in [-0.39, 0.29) is 12.5 Å². The van der Waals surface area contributed by atoms with Crippen LogP contribution in [-0.2, 0) is 22.6 Å². The molecule has 0 unspecified atom stereocenters. The molecule has 1 amide bonds. The summed E-state index contributed by atoms with van der Waals surface area (Å²) in [6.07, 6.45) is 1.86. The third-order valence-electron chi connectivity index (χ3n) is 4.97. The molecule has 4 heterocycles. The van der Waals surface area contributed by atoms with Gasteiger partial charge < -0.3 is 14.2 Å². The summed E-state index contributed by atoms with van der Waals surface area (Å²) in [5.41, 5.74) is 4.14. The predicted octanol–water partition coefficient (Wildman–Crippen LogP) is 1.76. The molecule has 3 aromatic rings. The lowest BCUT2D eigenvalue weighted by atomic mass is 10.1. The smallest absolute Gasteiger partial charge is 0.249 e. The lowest BCUT2D eigenvalue weighted by Crippen LogP contribution is -2.41. The Bertz CT molecular complexity index is 1060. The Morgan fingerprint density at radius 1 is 1.33 bits per heavy atom. The number of fused-ring (bicyclic) bond motifs is 5. The first-order valence-corrected chi connectivity index (χ1v) is 9.80. The number of aryl methyl sites for hydroxylation is 1. The van der Waals surface area contributed by atoms with Crippen molar-refractivity contribution in [2.45, 2.75) is 20.0 Å². The number of aromatic nitrogens is 5. The number of morpholine rings is 1. The van der Waals surface area contributed by atoms with Crippen molar-refractivity contribution in [3.8, 4) is 17.1 Å². The molecule has 0 N–H and O–H groups in total. The zero-order valence-corrected chi connectivity index (χ0v) is 16.9. The standard InChI is InChI=1S/C18H17IN6O2/c1-11-15-7-25-18(13-6-12(19)2-3-14(13)24(15)10-20-11)21-16(22-25)8-23-4-5-27-9-17(23)26/h2-3,6,10H,4-5,7-9H2,1H3. The zero-order chi connectivity index (χ0) is 18.5. The van der Waals surface area contributed by atoms with Gasteiger partial charge in [-0.25, -0.2) is 14.6 Å². The highest BCUT2D eigenvalue weighted by Crippen LogP contribution is 2.32. The maximum atomic E-state index is 12.0. The minimum Gasteiger partial charge on any atom is -0.370 e. The average molecular weight is 476 g/mol. The molecule has 27 heavy (non-hydrogen) atoms. The van der Waals surface area contributed by atoms with Gasteiger partial charge in [-0.3, -0.25) is 4.79 Å². The molecule has 1 aromatic carbocycles. The second kappa shape index (κ2) is 6.41. The van der Waals surface area contributed by atoms with Crippen molar-refractivity contribution in [2.75, 3.05) is 19.8 Å². The molecule has 5 rings (SSSR count). The van der Waals surface area contributed by atoms with Crippen molar-refractivity contribution in [3.63, 3.8) is 0 Å². The number of nitrogens with zero attached hydrogens (tertiary/aromatic N) is 6. The van der Waals surface area contributed by atoms with Crippen molar-refractivity contribution in [1.29, 1.82) is 0 Å². The lowest BCUT2D eigenvalue weighted by Gasteiger charge is -2.25. The summed E-state index contributed by atoms with van der Waals surface area (Å²) in [4.78, 5) is 23.1. The Hall–Kier alpha value is -2.27. The van der Waals surface area contributed by atoms with E-state index in [1.807, 2.05) is 17.9 Å². The van der Waals surface area contributed by atoms with E-state index in [0.717, 1.165) is 32.0 Å². The minimum absolute atomic E-state index is 0.0184. The van der Waals surface area contributed by atoms with Crippen LogP contribution in [0.4, 0.5) is 0 Å². The first-order valence-electron chi connectivity index (χ1n) is 8.72. The molecule has 0 aliphatic carbocycles. The van der Waals surface area contributed by atoms with E-state index in [1.165, 1.54) is 0 Å². The summed E-state index contributed by atoms with van der Waals surface area (Å²) in [5, 5.41) is 4.71. The molecule has 1 fully saturated rings. The monoisotopic (exact) mass is 476 g/mol. The Labute approximate surface area is 169 Å². The topological polar surface area (TPSA) is 78.1 Å². The van der Waals surface area contributed by atoms with E-state index >= 15 is 0 Å². The van der Waals surface area contributed by atoms with Crippen LogP contribution in [0.25, 0.3) is 17.1 Å². The Morgan fingerprint density at radius 3 is 3.07 bits per heavy atom. The number of rotatable bonds is 2. The summed E-state index contributed by atoms with van der Waals surface area (Å²) in [6, 6.07) is 6.29. The number of benzene rings is 1. The molecule has 2 aromatic heterocycles. The molecule has 2 aliphatic heterocycles. The van der Waals surface area contributed by atoms with Gasteiger partial charge in [0, 0.05) is 15.7 Å². The van der Waals surface area contributed by atoms with E-state index in [9.17, 15) is 4.79 Å². The van der Waals surface area contributed by atoms with Crippen LogP contribution in [0.5, 0.6) is 0 Å². The van der Waals surface area contributed by atoms with Gasteiger partial charge in [-0.2, -0.15) is 5.10 Å². The van der Waals surface area contributed by atoms with Gasteiger partial charge >= 0.3 is 0 Å². The molecule has 1 saturated heterocycles. The number of carbonyl (C=O) groups is 1. The molecule has 0 atom stereocenters. The first-order chi connectivity index (χ1) is 13.1. The van der Waals surface area contributed by atoms with Crippen molar-refractivity contribution in [1.82, 2.24) is 29.2 Å². The molecule has 2 aliphatic rings. The molecular formula is C18H17IN6O2. The fourth-order valence-corrected chi connectivity index (χ4v) is 4.05. The predicted molar refractivity (Wildman–Crippen MR) is 105 cm³/mol. The third kappa shape index (κ3) is 2.85. The van der Waals surface area contributed by atoms with Gasteiger partial charge in [0.2, 0.25) is 5.91 Å². The molecular weight excluding hydrogens is 459 g/mol. The van der Waals surface area contributed by atoms with Crippen LogP contribution < -0.4 is 0 Å². The van der Waals surface area contributed by atoms with Gasteiger partial charge in [0.25, 0.3) is 0 Å². The van der Waals surface area contributed by atoms with Crippen molar-refractivity contribution in [3.05, 3.63) is 45.3 Å². The fraction of sp³-hybridized carbons (Fsp3) is 0.333. The molecule has 9 heteroatoms. The van der Waals surface area contributed by atoms with E-state index in [2.05, 4.69) is 50.3 Å². The molecule has 0 radical (unpaired) electrons. The van der Waals surface area contributed by atoms with Gasteiger partial charge in [-0.05, 0) is 47.7 Å². The largest absolute Gasteiger partial charge is 0.370 e. The van der Waals surface area contributed by atoms with E-state index in [1.54, 1.807) is 4.90 Å². The maximum absolute atomic E-state index is 12.0. The molecule has 0 saturated carbocycles. The lowest BCUT2D eigenvalue weighted by molar-refractivity contribution is -0.143. The first kappa shape index (κ1) is 16.9. The second-order valence-corrected chi connectivity index (χ2v) is 7.93. The number of carbonyl (C=O) groups excluding carboxylic acids is 1. The molecule has 0 spiro atoms. The summed E-state index contributed by atoms with van der Waals surface area (Å²) >= 11 is 2.31. The number of amides is 1. The van der Waals surface area contributed by atoms with Crippen LogP contribution in [0.1, 0.15) is 17.2 Å². The second-order valence-electron chi connectivity index (χ2n) is 6.69. The van der Waals surface area contributed by atoms with Gasteiger partial charge in [0.15, 0.2) is 11.6 Å². The highest BCUT2D eigenvalue weighted by Gasteiger charge is 2.26.